The van der Waals surface area contributed by atoms with Gasteiger partial charge in [-0.2, -0.15) is 0 Å². The number of aliphatic hydroxyl groups excluding tert-OH is 1. The van der Waals surface area contributed by atoms with Crippen molar-refractivity contribution in [3.63, 3.8) is 0 Å². The number of aliphatic hydroxyl groups is 1. The number of fused-ring (bicyclic) bond motifs is 3. The van der Waals surface area contributed by atoms with E-state index in [2.05, 4.69) is 20.8 Å². The van der Waals surface area contributed by atoms with E-state index >= 15 is 0 Å². The minimum Gasteiger partial charge on any atom is -0.367 e. The van der Waals surface area contributed by atoms with Crippen LogP contribution >= 0.6 is 0 Å². The Bertz CT molecular complexity index is 410. The normalized spacial score (nSPS) is 45.9. The molecule has 3 aliphatic rings. The van der Waals surface area contributed by atoms with Crippen LogP contribution < -0.4 is 0 Å². The van der Waals surface area contributed by atoms with Gasteiger partial charge in [0, 0.05) is 5.92 Å². The van der Waals surface area contributed by atoms with Crippen molar-refractivity contribution in [2.24, 2.45) is 23.2 Å². The second-order valence-corrected chi connectivity index (χ2v) is 7.02. The predicted molar refractivity (Wildman–Crippen MR) is 67.7 cm³/mol. The van der Waals surface area contributed by atoms with E-state index in [1.54, 1.807) is 0 Å². The Hall–Kier alpha value is -0.670. The molecular formula is C15H22O3. The van der Waals surface area contributed by atoms with Crippen LogP contribution in [0.4, 0.5) is 0 Å². The number of hydrogen-bond acceptors (Lipinski definition) is 3. The first-order valence-corrected chi connectivity index (χ1v) is 6.94. The van der Waals surface area contributed by atoms with E-state index in [9.17, 15) is 9.90 Å². The highest BCUT2D eigenvalue weighted by Gasteiger charge is 2.50. The maximum absolute atomic E-state index is 11.5. The average molecular weight is 250 g/mol. The Morgan fingerprint density at radius 2 is 2.11 bits per heavy atom. The van der Waals surface area contributed by atoms with Crippen LogP contribution in [0.2, 0.25) is 0 Å². The van der Waals surface area contributed by atoms with Gasteiger partial charge in [0.15, 0.2) is 6.29 Å². The highest BCUT2D eigenvalue weighted by atomic mass is 16.6. The fourth-order valence-electron chi connectivity index (χ4n) is 4.23. The minimum absolute atomic E-state index is 0.0937. The van der Waals surface area contributed by atoms with Crippen molar-refractivity contribution in [3.05, 3.63) is 11.1 Å². The number of aldehydes is 1. The van der Waals surface area contributed by atoms with Crippen LogP contribution in [0, 0.1) is 23.2 Å². The molecule has 2 fully saturated rings. The smallest absolute Gasteiger partial charge is 0.161 e. The first-order valence-electron chi connectivity index (χ1n) is 6.94. The van der Waals surface area contributed by atoms with Crippen molar-refractivity contribution in [2.75, 3.05) is 0 Å². The number of rotatable bonds is 1. The fraction of sp³-hybridized carbons (Fsp3) is 0.800. The third-order valence-electron chi connectivity index (χ3n) is 5.15. The Morgan fingerprint density at radius 1 is 1.39 bits per heavy atom. The molecule has 2 bridgehead atoms. The monoisotopic (exact) mass is 250 g/mol. The summed E-state index contributed by atoms with van der Waals surface area (Å²) in [6.07, 6.45) is 3.22. The standard InChI is InChI=1S/C15H22O3/c1-8-10-5-15(2,3)6-11(10)12(7-16)9-4-13(8)18-14(9)17/h7-10,13-14,17H,4-6H2,1-3H3. The van der Waals surface area contributed by atoms with E-state index < -0.39 is 6.29 Å². The molecule has 1 N–H and O–H groups in total. The number of carbonyl (C=O) groups is 1. The maximum Gasteiger partial charge on any atom is 0.161 e. The zero-order chi connectivity index (χ0) is 13.1. The zero-order valence-corrected chi connectivity index (χ0v) is 11.3. The van der Waals surface area contributed by atoms with E-state index in [1.807, 2.05) is 0 Å². The average Bonchev–Trinajstić information content (AvgIpc) is 2.78. The predicted octanol–water partition coefficient (Wildman–Crippen LogP) is 2.29. The molecular weight excluding hydrogens is 228 g/mol. The van der Waals surface area contributed by atoms with Gasteiger partial charge in [-0.25, -0.2) is 0 Å². The molecule has 0 aromatic heterocycles. The van der Waals surface area contributed by atoms with Crippen LogP contribution in [-0.2, 0) is 9.53 Å². The van der Waals surface area contributed by atoms with Gasteiger partial charge in [0.2, 0.25) is 0 Å². The van der Waals surface area contributed by atoms with Crippen molar-refractivity contribution >= 4 is 6.29 Å². The lowest BCUT2D eigenvalue weighted by atomic mass is 9.83. The van der Waals surface area contributed by atoms with Gasteiger partial charge in [0.25, 0.3) is 0 Å². The molecule has 18 heavy (non-hydrogen) atoms. The third kappa shape index (κ3) is 1.68. The van der Waals surface area contributed by atoms with Crippen LogP contribution in [-0.4, -0.2) is 23.8 Å². The van der Waals surface area contributed by atoms with Crippen LogP contribution in [0.5, 0.6) is 0 Å². The number of carbonyl (C=O) groups excluding carboxylic acids is 1. The van der Waals surface area contributed by atoms with Gasteiger partial charge in [0.05, 0.1) is 6.10 Å². The van der Waals surface area contributed by atoms with Gasteiger partial charge in [-0.15, -0.1) is 0 Å². The molecule has 5 unspecified atom stereocenters. The fourth-order valence-corrected chi connectivity index (χ4v) is 4.23. The van der Waals surface area contributed by atoms with Gasteiger partial charge >= 0.3 is 0 Å². The zero-order valence-electron chi connectivity index (χ0n) is 11.3. The number of allylic oxidation sites excluding steroid dienone is 1. The summed E-state index contributed by atoms with van der Waals surface area (Å²) in [7, 11) is 0. The molecule has 0 aromatic rings. The molecule has 0 spiro atoms. The molecule has 1 saturated carbocycles. The molecule has 1 saturated heterocycles. The molecule has 3 nitrogen and oxygen atoms in total. The van der Waals surface area contributed by atoms with Crippen molar-refractivity contribution in [3.8, 4) is 0 Å². The summed E-state index contributed by atoms with van der Waals surface area (Å²) in [6.45, 7) is 6.74. The number of ether oxygens (including phenoxy) is 1. The lowest BCUT2D eigenvalue weighted by Crippen LogP contribution is -2.27. The van der Waals surface area contributed by atoms with E-state index in [4.69, 9.17) is 4.74 Å². The van der Waals surface area contributed by atoms with Gasteiger partial charge in [-0.05, 0) is 42.1 Å². The summed E-state index contributed by atoms with van der Waals surface area (Å²) in [5.74, 6) is 0.769. The molecule has 0 aromatic carbocycles. The molecule has 3 rings (SSSR count). The molecule has 0 radical (unpaired) electrons. The van der Waals surface area contributed by atoms with Crippen molar-refractivity contribution in [1.82, 2.24) is 0 Å². The highest BCUT2D eigenvalue weighted by Crippen LogP contribution is 2.54. The summed E-state index contributed by atoms with van der Waals surface area (Å²) >= 11 is 0. The van der Waals surface area contributed by atoms with Gasteiger partial charge in [-0.3, -0.25) is 4.79 Å². The molecule has 2 aliphatic carbocycles. The van der Waals surface area contributed by atoms with Crippen LogP contribution in [0.25, 0.3) is 0 Å². The quantitative estimate of drug-likeness (QED) is 0.726. The van der Waals surface area contributed by atoms with Crippen LogP contribution in [0.1, 0.15) is 40.0 Å². The van der Waals surface area contributed by atoms with E-state index in [1.165, 1.54) is 5.57 Å². The summed E-state index contributed by atoms with van der Waals surface area (Å²) in [4.78, 5) is 11.5. The van der Waals surface area contributed by atoms with E-state index in [0.717, 1.165) is 31.1 Å². The summed E-state index contributed by atoms with van der Waals surface area (Å²) < 4.78 is 5.65. The molecule has 0 amide bonds. The summed E-state index contributed by atoms with van der Waals surface area (Å²) in [5.41, 5.74) is 2.41. The first-order chi connectivity index (χ1) is 8.43. The van der Waals surface area contributed by atoms with Gasteiger partial charge in [0.1, 0.15) is 6.29 Å². The second kappa shape index (κ2) is 3.91. The topological polar surface area (TPSA) is 46.5 Å². The Balaban J connectivity index is 2.09. The summed E-state index contributed by atoms with van der Waals surface area (Å²) in [6, 6.07) is 0. The molecule has 100 valence electrons. The van der Waals surface area contributed by atoms with Crippen LogP contribution in [0.3, 0.4) is 0 Å². The SMILES string of the molecule is CC1C2CC(C(C=O)=C3CC(C)(C)CC31)C(O)O2. The van der Waals surface area contributed by atoms with Crippen molar-refractivity contribution in [1.29, 1.82) is 0 Å². The number of hydrogen-bond donors (Lipinski definition) is 1. The minimum atomic E-state index is -0.783. The lowest BCUT2D eigenvalue weighted by Gasteiger charge is -2.27. The Morgan fingerprint density at radius 3 is 2.78 bits per heavy atom. The van der Waals surface area contributed by atoms with Crippen LogP contribution in [0.15, 0.2) is 11.1 Å². The second-order valence-electron chi connectivity index (χ2n) is 7.02. The highest BCUT2D eigenvalue weighted by molar-refractivity contribution is 5.76. The maximum atomic E-state index is 11.5. The van der Waals surface area contributed by atoms with Gasteiger partial charge < -0.3 is 9.84 Å². The Labute approximate surface area is 108 Å². The van der Waals surface area contributed by atoms with Gasteiger partial charge in [-0.1, -0.05) is 26.3 Å². The largest absolute Gasteiger partial charge is 0.367 e. The molecule has 3 heteroatoms. The van der Waals surface area contributed by atoms with E-state index in [0.29, 0.717) is 11.8 Å². The Kier molecular flexibility index (Phi) is 2.69. The molecule has 5 atom stereocenters. The van der Waals surface area contributed by atoms with Crippen molar-refractivity contribution in [2.45, 2.75) is 52.4 Å². The third-order valence-corrected chi connectivity index (χ3v) is 5.15. The van der Waals surface area contributed by atoms with Crippen molar-refractivity contribution < 1.29 is 14.6 Å². The molecule has 1 heterocycles. The van der Waals surface area contributed by atoms with E-state index in [-0.39, 0.29) is 17.4 Å². The first kappa shape index (κ1) is 12.4. The summed E-state index contributed by atoms with van der Waals surface area (Å²) in [5, 5.41) is 9.98. The lowest BCUT2D eigenvalue weighted by molar-refractivity contribution is -0.124. The molecule has 1 aliphatic heterocycles.